The first-order chi connectivity index (χ1) is 5.68. The highest BCUT2D eigenvalue weighted by atomic mass is 35.5. The fourth-order valence-electron chi connectivity index (χ4n) is 1.67. The minimum absolute atomic E-state index is 0.893. The summed E-state index contributed by atoms with van der Waals surface area (Å²) < 4.78 is 0. The van der Waals surface area contributed by atoms with Crippen molar-refractivity contribution in [1.82, 2.24) is 0 Å². The van der Waals surface area contributed by atoms with Crippen LogP contribution in [0.2, 0.25) is 5.02 Å². The van der Waals surface area contributed by atoms with Crippen LogP contribution in [-0.2, 0) is 6.42 Å². The summed E-state index contributed by atoms with van der Waals surface area (Å²) in [6.45, 7) is 3.17. The Hall–Kier alpha value is -0.690. The molecule has 0 radical (unpaired) electrons. The van der Waals surface area contributed by atoms with Gasteiger partial charge in [-0.15, -0.1) is 0 Å². The summed E-state index contributed by atoms with van der Waals surface area (Å²) in [7, 11) is 2.12. The second kappa shape index (κ2) is 2.67. The fourth-order valence-corrected chi connectivity index (χ4v) is 1.86. The molecule has 1 aromatic carbocycles. The van der Waals surface area contributed by atoms with Crippen LogP contribution < -0.4 is 4.90 Å². The number of anilines is 1. The van der Waals surface area contributed by atoms with Gasteiger partial charge in [-0.3, -0.25) is 0 Å². The molecule has 2 rings (SSSR count). The van der Waals surface area contributed by atoms with Crippen molar-refractivity contribution in [3.05, 3.63) is 28.3 Å². The molecule has 0 atom stereocenters. The number of benzene rings is 1. The van der Waals surface area contributed by atoms with E-state index in [0.29, 0.717) is 0 Å². The molecule has 0 unspecified atom stereocenters. The molecule has 1 aromatic rings. The van der Waals surface area contributed by atoms with Crippen LogP contribution in [0.1, 0.15) is 11.1 Å². The molecule has 1 aliphatic rings. The summed E-state index contributed by atoms with van der Waals surface area (Å²) in [5.74, 6) is 0. The summed E-state index contributed by atoms with van der Waals surface area (Å²) in [6, 6.07) is 4.26. The van der Waals surface area contributed by atoms with Gasteiger partial charge in [-0.05, 0) is 36.6 Å². The normalized spacial score (nSPS) is 15.1. The van der Waals surface area contributed by atoms with E-state index >= 15 is 0 Å². The largest absolute Gasteiger partial charge is 0.374 e. The van der Waals surface area contributed by atoms with Crippen molar-refractivity contribution < 1.29 is 0 Å². The maximum Gasteiger partial charge on any atom is 0.0439 e. The van der Waals surface area contributed by atoms with E-state index in [-0.39, 0.29) is 0 Å². The Labute approximate surface area is 77.9 Å². The molecule has 0 aromatic heterocycles. The number of halogens is 1. The number of nitrogens with zero attached hydrogens (tertiary/aromatic N) is 1. The van der Waals surface area contributed by atoms with Crippen LogP contribution in [0.3, 0.4) is 0 Å². The van der Waals surface area contributed by atoms with Crippen LogP contribution in [-0.4, -0.2) is 13.6 Å². The van der Waals surface area contributed by atoms with Crippen molar-refractivity contribution >= 4 is 17.3 Å². The van der Waals surface area contributed by atoms with Gasteiger partial charge in [0.25, 0.3) is 0 Å². The third kappa shape index (κ3) is 1.09. The molecule has 0 saturated heterocycles. The predicted molar refractivity (Wildman–Crippen MR) is 53.2 cm³/mol. The van der Waals surface area contributed by atoms with Crippen molar-refractivity contribution in [1.29, 1.82) is 0 Å². The Morgan fingerprint density at radius 1 is 1.42 bits per heavy atom. The number of hydrogen-bond acceptors (Lipinski definition) is 1. The highest BCUT2D eigenvalue weighted by Crippen LogP contribution is 2.31. The van der Waals surface area contributed by atoms with Crippen molar-refractivity contribution in [3.8, 4) is 0 Å². The van der Waals surface area contributed by atoms with E-state index in [9.17, 15) is 0 Å². The molecular formula is C10H12ClN. The standard InChI is InChI=1S/C10H12ClN/c1-7-5-10-8(6-9(7)11)3-4-12(10)2/h5-6H,3-4H2,1-2H3. The van der Waals surface area contributed by atoms with Gasteiger partial charge in [0.1, 0.15) is 0 Å². The van der Waals surface area contributed by atoms with E-state index in [2.05, 4.69) is 31.0 Å². The first-order valence-corrected chi connectivity index (χ1v) is 4.56. The molecule has 0 N–H and O–H groups in total. The molecule has 2 heteroatoms. The molecule has 0 spiro atoms. The average Bonchev–Trinajstić information content (AvgIpc) is 2.35. The zero-order valence-electron chi connectivity index (χ0n) is 7.39. The zero-order chi connectivity index (χ0) is 8.72. The maximum absolute atomic E-state index is 6.02. The Morgan fingerprint density at radius 2 is 2.17 bits per heavy atom. The lowest BCUT2D eigenvalue weighted by atomic mass is 10.1. The summed E-state index contributed by atoms with van der Waals surface area (Å²) in [5.41, 5.74) is 3.90. The summed E-state index contributed by atoms with van der Waals surface area (Å²) in [4.78, 5) is 2.28. The van der Waals surface area contributed by atoms with Crippen molar-refractivity contribution in [2.24, 2.45) is 0 Å². The lowest BCUT2D eigenvalue weighted by molar-refractivity contribution is 0.956. The van der Waals surface area contributed by atoms with Gasteiger partial charge in [0.05, 0.1) is 0 Å². The van der Waals surface area contributed by atoms with Gasteiger partial charge in [0.2, 0.25) is 0 Å². The monoisotopic (exact) mass is 181 g/mol. The van der Waals surface area contributed by atoms with Gasteiger partial charge in [-0.2, -0.15) is 0 Å². The number of fused-ring (bicyclic) bond motifs is 1. The smallest absolute Gasteiger partial charge is 0.0439 e. The van der Waals surface area contributed by atoms with Crippen LogP contribution in [0.15, 0.2) is 12.1 Å². The summed E-state index contributed by atoms with van der Waals surface area (Å²) >= 11 is 6.02. The average molecular weight is 182 g/mol. The second-order valence-corrected chi connectivity index (χ2v) is 3.81. The van der Waals surface area contributed by atoms with E-state index in [0.717, 1.165) is 18.0 Å². The molecule has 64 valence electrons. The van der Waals surface area contributed by atoms with Crippen molar-refractivity contribution in [3.63, 3.8) is 0 Å². The van der Waals surface area contributed by atoms with Gasteiger partial charge in [0.15, 0.2) is 0 Å². The molecular weight excluding hydrogens is 170 g/mol. The van der Waals surface area contributed by atoms with Gasteiger partial charge < -0.3 is 4.90 Å². The van der Waals surface area contributed by atoms with Crippen LogP contribution >= 0.6 is 11.6 Å². The van der Waals surface area contributed by atoms with E-state index in [4.69, 9.17) is 11.6 Å². The Morgan fingerprint density at radius 3 is 2.92 bits per heavy atom. The fraction of sp³-hybridized carbons (Fsp3) is 0.400. The van der Waals surface area contributed by atoms with E-state index in [1.54, 1.807) is 0 Å². The highest BCUT2D eigenvalue weighted by molar-refractivity contribution is 6.31. The predicted octanol–water partition coefficient (Wildman–Crippen LogP) is 2.64. The Kier molecular flexibility index (Phi) is 1.76. The van der Waals surface area contributed by atoms with Crippen LogP contribution in [0.4, 0.5) is 5.69 Å². The molecule has 0 saturated carbocycles. The van der Waals surface area contributed by atoms with Crippen molar-refractivity contribution in [2.75, 3.05) is 18.5 Å². The van der Waals surface area contributed by atoms with Crippen LogP contribution in [0.25, 0.3) is 0 Å². The Balaban J connectivity index is 2.56. The van der Waals surface area contributed by atoms with E-state index in [1.165, 1.54) is 16.8 Å². The molecule has 0 aliphatic carbocycles. The molecule has 12 heavy (non-hydrogen) atoms. The quantitative estimate of drug-likeness (QED) is 0.595. The van der Waals surface area contributed by atoms with Gasteiger partial charge in [-0.1, -0.05) is 11.6 Å². The minimum Gasteiger partial charge on any atom is -0.374 e. The minimum atomic E-state index is 0.893. The molecule has 1 heterocycles. The van der Waals surface area contributed by atoms with E-state index < -0.39 is 0 Å². The summed E-state index contributed by atoms with van der Waals surface area (Å²) in [6.07, 6.45) is 1.13. The van der Waals surface area contributed by atoms with Crippen molar-refractivity contribution in [2.45, 2.75) is 13.3 Å². The number of likely N-dealkylation sites (N-methyl/N-ethyl adjacent to an activating group) is 1. The summed E-state index contributed by atoms with van der Waals surface area (Å²) in [5, 5.41) is 0.893. The zero-order valence-corrected chi connectivity index (χ0v) is 8.15. The van der Waals surface area contributed by atoms with Crippen LogP contribution in [0, 0.1) is 6.92 Å². The molecule has 0 bridgehead atoms. The lowest BCUT2D eigenvalue weighted by Crippen LogP contribution is -2.12. The topological polar surface area (TPSA) is 3.24 Å². The molecule has 0 amide bonds. The third-order valence-corrected chi connectivity index (χ3v) is 2.89. The van der Waals surface area contributed by atoms with Crippen LogP contribution in [0.5, 0.6) is 0 Å². The van der Waals surface area contributed by atoms with Gasteiger partial charge in [0, 0.05) is 24.3 Å². The highest BCUT2D eigenvalue weighted by Gasteiger charge is 2.16. The number of rotatable bonds is 0. The molecule has 1 nitrogen and oxygen atoms in total. The maximum atomic E-state index is 6.02. The second-order valence-electron chi connectivity index (χ2n) is 3.40. The first kappa shape index (κ1) is 7.93. The van der Waals surface area contributed by atoms with E-state index in [1.807, 2.05) is 0 Å². The van der Waals surface area contributed by atoms with Gasteiger partial charge in [-0.25, -0.2) is 0 Å². The number of aryl methyl sites for hydroxylation is 1. The lowest BCUT2D eigenvalue weighted by Gasteiger charge is -2.12. The Bertz CT molecular complexity index is 320. The van der Waals surface area contributed by atoms with Gasteiger partial charge >= 0.3 is 0 Å². The first-order valence-electron chi connectivity index (χ1n) is 4.18. The molecule has 1 aliphatic heterocycles. The number of hydrogen-bond donors (Lipinski definition) is 0. The third-order valence-electron chi connectivity index (χ3n) is 2.49. The SMILES string of the molecule is Cc1cc2c(cc1Cl)CCN2C. The molecule has 0 fully saturated rings.